The molecule has 1 aromatic heterocycles. The first-order valence-corrected chi connectivity index (χ1v) is 11.9. The van der Waals surface area contributed by atoms with E-state index in [9.17, 15) is 38.5 Å². The van der Waals surface area contributed by atoms with Crippen molar-refractivity contribution in [3.8, 4) is 23.6 Å². The van der Waals surface area contributed by atoms with Gasteiger partial charge < -0.3 is 14.6 Å². The lowest BCUT2D eigenvalue weighted by molar-refractivity contribution is -0.388. The monoisotopic (exact) mass is 529 g/mol. The van der Waals surface area contributed by atoms with Crippen LogP contribution in [0.1, 0.15) is 11.1 Å². The Morgan fingerprint density at radius 2 is 1.76 bits per heavy atom. The normalized spacial score (nSPS) is 11.7. The minimum atomic E-state index is -4.28. The van der Waals surface area contributed by atoms with Gasteiger partial charge in [0, 0.05) is 24.8 Å². The van der Waals surface area contributed by atoms with Crippen molar-refractivity contribution in [2.75, 3.05) is 6.26 Å². The van der Waals surface area contributed by atoms with Gasteiger partial charge in [-0.25, -0.2) is 13.2 Å². The number of nitro groups is 2. The zero-order valence-corrected chi connectivity index (χ0v) is 19.5. The molecule has 1 heterocycles. The lowest BCUT2D eigenvalue weighted by Gasteiger charge is -2.16. The maximum Gasteiger partial charge on any atom is 0.392 e. The molecule has 190 valence electrons. The molecule has 2 aromatic carbocycles. The second-order valence-electron chi connectivity index (χ2n) is 7.28. The summed E-state index contributed by atoms with van der Waals surface area (Å²) < 4.78 is 34.9. The summed E-state index contributed by atoms with van der Waals surface area (Å²) in [5, 5.41) is 41.0. The van der Waals surface area contributed by atoms with Gasteiger partial charge in [-0.2, -0.15) is 15.2 Å². The third-order valence-electron chi connectivity index (χ3n) is 4.60. The van der Waals surface area contributed by atoms with E-state index in [4.69, 9.17) is 14.7 Å². The summed E-state index contributed by atoms with van der Waals surface area (Å²) in [5.41, 5.74) is -1.55. The molecule has 0 aliphatic carbocycles. The van der Waals surface area contributed by atoms with E-state index >= 15 is 0 Å². The van der Waals surface area contributed by atoms with Gasteiger partial charge in [0.1, 0.15) is 0 Å². The zero-order valence-electron chi connectivity index (χ0n) is 18.7. The number of carbonyl (C=O) groups is 1. The maximum absolute atomic E-state index is 12.2. The van der Waals surface area contributed by atoms with Crippen LogP contribution in [0, 0.1) is 31.6 Å². The SMILES string of the molecule is CS(=O)(=O)c1nc(Oc2cc(C#N)ccc2[N+](=O)[O-])c([N+](=O)[O-])c(OC(Cc2ccccc2)C(=O)O)n1. The van der Waals surface area contributed by atoms with Crippen LogP contribution in [-0.4, -0.2) is 51.7 Å². The van der Waals surface area contributed by atoms with Gasteiger partial charge in [-0.1, -0.05) is 30.3 Å². The number of aromatic nitrogens is 2. The van der Waals surface area contributed by atoms with Gasteiger partial charge in [0.05, 0.1) is 21.5 Å². The largest absolute Gasteiger partial charge is 0.478 e. The summed E-state index contributed by atoms with van der Waals surface area (Å²) in [6, 6.07) is 12.7. The Labute approximate surface area is 207 Å². The van der Waals surface area contributed by atoms with Crippen LogP contribution in [0.2, 0.25) is 0 Å². The fourth-order valence-electron chi connectivity index (χ4n) is 2.93. The van der Waals surface area contributed by atoms with Crippen molar-refractivity contribution in [2.45, 2.75) is 17.7 Å². The van der Waals surface area contributed by atoms with E-state index in [1.807, 2.05) is 0 Å². The van der Waals surface area contributed by atoms with Crippen LogP contribution in [0.15, 0.2) is 53.7 Å². The molecule has 0 bridgehead atoms. The van der Waals surface area contributed by atoms with Crippen molar-refractivity contribution in [3.05, 3.63) is 79.9 Å². The first-order valence-electron chi connectivity index (χ1n) is 9.97. The molecule has 3 aromatic rings. The van der Waals surface area contributed by atoms with Crippen molar-refractivity contribution in [1.82, 2.24) is 9.97 Å². The molecule has 0 saturated heterocycles. The van der Waals surface area contributed by atoms with E-state index < -0.39 is 65.8 Å². The minimum Gasteiger partial charge on any atom is -0.478 e. The standard InChI is InChI=1S/C21H15N5O10S/c1-37(33,34)21-23-18(35-15-10-13(11-22)7-8-14(15)25(29)30)17(26(31)32)19(24-21)36-16(20(27)28)9-12-5-3-2-4-6-12/h2-8,10,16H,9H2,1H3,(H,27,28). The third kappa shape index (κ3) is 6.29. The average Bonchev–Trinajstić information content (AvgIpc) is 2.83. The quantitative estimate of drug-likeness (QED) is 0.226. The molecular formula is C21H15N5O10S. The second kappa shape index (κ2) is 10.6. The number of ether oxygens (including phenoxy) is 2. The molecule has 0 aliphatic rings. The van der Waals surface area contributed by atoms with Crippen LogP contribution < -0.4 is 9.47 Å². The van der Waals surface area contributed by atoms with Gasteiger partial charge in [0.15, 0.2) is 0 Å². The molecule has 37 heavy (non-hydrogen) atoms. The number of aliphatic carboxylic acids is 1. The first-order chi connectivity index (χ1) is 17.4. The van der Waals surface area contributed by atoms with Crippen LogP contribution in [0.5, 0.6) is 17.5 Å². The number of carboxylic acids is 1. The Hall–Kier alpha value is -5.17. The van der Waals surface area contributed by atoms with Crippen LogP contribution in [0.4, 0.5) is 11.4 Å². The van der Waals surface area contributed by atoms with Crippen molar-refractivity contribution < 1.29 is 37.6 Å². The lowest BCUT2D eigenvalue weighted by atomic mass is 10.1. The summed E-state index contributed by atoms with van der Waals surface area (Å²) in [6.45, 7) is 0. The highest BCUT2D eigenvalue weighted by molar-refractivity contribution is 7.90. The molecule has 3 rings (SSSR count). The first kappa shape index (κ1) is 26.4. The molecule has 16 heteroatoms. The molecule has 0 aliphatic heterocycles. The number of nitro benzene ring substituents is 1. The van der Waals surface area contributed by atoms with E-state index in [1.54, 1.807) is 36.4 Å². The van der Waals surface area contributed by atoms with Crippen LogP contribution >= 0.6 is 0 Å². The molecule has 0 saturated carbocycles. The number of hydrogen-bond acceptors (Lipinski definition) is 12. The molecule has 0 fully saturated rings. The fourth-order valence-corrected chi connectivity index (χ4v) is 3.43. The molecular weight excluding hydrogens is 514 g/mol. The number of carboxylic acid groups (broad SMARTS) is 1. The number of nitrogens with zero attached hydrogens (tertiary/aromatic N) is 5. The molecule has 1 atom stereocenters. The van der Waals surface area contributed by atoms with Gasteiger partial charge in [-0.05, 0) is 11.6 Å². The van der Waals surface area contributed by atoms with Crippen molar-refractivity contribution >= 4 is 27.2 Å². The molecule has 0 spiro atoms. The average molecular weight is 529 g/mol. The van der Waals surface area contributed by atoms with Crippen molar-refractivity contribution in [1.29, 1.82) is 5.26 Å². The number of benzene rings is 2. The Morgan fingerprint density at radius 1 is 1.11 bits per heavy atom. The van der Waals surface area contributed by atoms with Gasteiger partial charge in [0.25, 0.3) is 5.16 Å². The molecule has 1 unspecified atom stereocenters. The topological polar surface area (TPSA) is 226 Å². The Balaban J connectivity index is 2.20. The van der Waals surface area contributed by atoms with E-state index in [0.717, 1.165) is 18.2 Å². The van der Waals surface area contributed by atoms with Crippen LogP contribution in [0.25, 0.3) is 0 Å². The summed E-state index contributed by atoms with van der Waals surface area (Å²) in [4.78, 5) is 40.2. The predicted octanol–water partition coefficient (Wildman–Crippen LogP) is 2.44. The predicted molar refractivity (Wildman–Crippen MR) is 122 cm³/mol. The Kier molecular flexibility index (Phi) is 7.59. The number of hydrogen-bond donors (Lipinski definition) is 1. The smallest absolute Gasteiger partial charge is 0.392 e. The van der Waals surface area contributed by atoms with Gasteiger partial charge in [-0.15, -0.1) is 0 Å². The van der Waals surface area contributed by atoms with Crippen molar-refractivity contribution in [2.24, 2.45) is 0 Å². The highest BCUT2D eigenvalue weighted by atomic mass is 32.2. The lowest BCUT2D eigenvalue weighted by Crippen LogP contribution is -2.30. The highest BCUT2D eigenvalue weighted by Gasteiger charge is 2.35. The third-order valence-corrected chi connectivity index (χ3v) is 5.45. The van der Waals surface area contributed by atoms with Gasteiger partial charge in [-0.3, -0.25) is 20.2 Å². The van der Waals surface area contributed by atoms with Crippen LogP contribution in [0.3, 0.4) is 0 Å². The number of nitriles is 1. The molecule has 0 radical (unpaired) electrons. The highest BCUT2D eigenvalue weighted by Crippen LogP contribution is 2.40. The Morgan fingerprint density at radius 3 is 2.30 bits per heavy atom. The van der Waals surface area contributed by atoms with E-state index in [1.165, 1.54) is 0 Å². The van der Waals surface area contributed by atoms with E-state index in [-0.39, 0.29) is 12.0 Å². The zero-order chi connectivity index (χ0) is 27.3. The number of sulfone groups is 1. The van der Waals surface area contributed by atoms with Crippen LogP contribution in [-0.2, 0) is 21.1 Å². The minimum absolute atomic E-state index is 0.120. The maximum atomic E-state index is 12.2. The van der Waals surface area contributed by atoms with E-state index in [2.05, 4.69) is 9.97 Å². The summed E-state index contributed by atoms with van der Waals surface area (Å²) in [6.07, 6.45) is -1.37. The summed E-state index contributed by atoms with van der Waals surface area (Å²) in [5.74, 6) is -4.36. The second-order valence-corrected chi connectivity index (χ2v) is 9.19. The van der Waals surface area contributed by atoms with Gasteiger partial charge in [0.2, 0.25) is 21.7 Å². The van der Waals surface area contributed by atoms with Gasteiger partial charge >= 0.3 is 29.1 Å². The van der Waals surface area contributed by atoms with E-state index in [0.29, 0.717) is 11.8 Å². The van der Waals surface area contributed by atoms with Crippen molar-refractivity contribution in [3.63, 3.8) is 0 Å². The summed E-state index contributed by atoms with van der Waals surface area (Å²) in [7, 11) is -4.28. The number of rotatable bonds is 10. The molecule has 15 nitrogen and oxygen atoms in total. The Bertz CT molecular complexity index is 1540. The fraction of sp³-hybridized carbons (Fsp3) is 0.143. The summed E-state index contributed by atoms with van der Waals surface area (Å²) >= 11 is 0. The molecule has 1 N–H and O–H groups in total. The molecule has 0 amide bonds.